The van der Waals surface area contributed by atoms with Gasteiger partial charge in [-0.1, -0.05) is 23.5 Å². The number of carbonyl (C=O) groups excluding carboxylic acids is 1. The zero-order valence-corrected chi connectivity index (χ0v) is 8.59. The fourth-order valence-corrected chi connectivity index (χ4v) is 2.38. The van der Waals surface area contributed by atoms with E-state index in [1.807, 2.05) is 6.26 Å². The van der Waals surface area contributed by atoms with Gasteiger partial charge < -0.3 is 9.90 Å². The molecule has 1 aromatic heterocycles. The van der Waals surface area contributed by atoms with Gasteiger partial charge in [-0.2, -0.15) is 4.37 Å². The van der Waals surface area contributed by atoms with E-state index in [0.29, 0.717) is 9.50 Å². The number of hydrogen-bond acceptors (Lipinski definition) is 7. The van der Waals surface area contributed by atoms with Gasteiger partial charge in [0.2, 0.25) is 5.16 Å². The predicted octanol–water partition coefficient (Wildman–Crippen LogP) is 0.102. The Bertz CT molecular complexity index is 275. The number of carboxylic acids is 1. The van der Waals surface area contributed by atoms with Crippen LogP contribution in [-0.2, 0) is 4.79 Å². The smallest absolute Gasteiger partial charge is 0.200 e. The Morgan fingerprint density at radius 3 is 3.00 bits per heavy atom. The number of carbonyl (C=O) groups is 1. The molecule has 1 heterocycles. The minimum Gasteiger partial charge on any atom is -0.549 e. The molecule has 7 heteroatoms. The van der Waals surface area contributed by atoms with Gasteiger partial charge in [0, 0.05) is 5.75 Å². The molecule has 0 amide bonds. The average molecular weight is 221 g/mol. The third-order valence-corrected chi connectivity index (χ3v) is 3.36. The van der Waals surface area contributed by atoms with Crippen LogP contribution in [-0.4, -0.2) is 27.3 Å². The van der Waals surface area contributed by atoms with Gasteiger partial charge in [-0.05, 0) is 17.8 Å². The summed E-state index contributed by atoms with van der Waals surface area (Å²) in [7, 11) is 0. The van der Waals surface area contributed by atoms with Crippen molar-refractivity contribution in [1.82, 2.24) is 9.36 Å². The lowest BCUT2D eigenvalue weighted by atomic mass is 10.8. The molecule has 0 radical (unpaired) electrons. The van der Waals surface area contributed by atoms with Crippen molar-refractivity contribution in [3.8, 4) is 0 Å². The first kappa shape index (κ1) is 9.82. The number of rotatable bonds is 4. The van der Waals surface area contributed by atoms with E-state index in [4.69, 9.17) is 0 Å². The first-order valence-corrected chi connectivity index (χ1v) is 5.91. The number of thioether (sulfide) groups is 2. The Labute approximate surface area is 81.9 Å². The number of aromatic nitrogens is 2. The SMILES string of the molecule is CSc1nsc(SCC(=O)[O-])n1. The summed E-state index contributed by atoms with van der Waals surface area (Å²) in [5.41, 5.74) is 0. The van der Waals surface area contributed by atoms with E-state index in [1.54, 1.807) is 0 Å². The van der Waals surface area contributed by atoms with Crippen molar-refractivity contribution in [2.75, 3.05) is 12.0 Å². The van der Waals surface area contributed by atoms with Crippen molar-refractivity contribution in [2.45, 2.75) is 9.50 Å². The van der Waals surface area contributed by atoms with Crippen LogP contribution in [0, 0.1) is 0 Å². The molecule has 0 aliphatic carbocycles. The molecule has 0 saturated heterocycles. The van der Waals surface area contributed by atoms with E-state index in [9.17, 15) is 9.90 Å². The first-order valence-electron chi connectivity index (χ1n) is 2.92. The second kappa shape index (κ2) is 4.68. The summed E-state index contributed by atoms with van der Waals surface area (Å²) < 4.78 is 4.64. The van der Waals surface area contributed by atoms with Crippen molar-refractivity contribution in [3.63, 3.8) is 0 Å². The van der Waals surface area contributed by atoms with E-state index in [0.717, 1.165) is 11.8 Å². The molecule has 12 heavy (non-hydrogen) atoms. The van der Waals surface area contributed by atoms with Crippen molar-refractivity contribution in [3.05, 3.63) is 0 Å². The summed E-state index contributed by atoms with van der Waals surface area (Å²) in [5, 5.41) is 10.7. The minimum atomic E-state index is -1.08. The lowest BCUT2D eigenvalue weighted by Crippen LogP contribution is -2.24. The largest absolute Gasteiger partial charge is 0.549 e. The van der Waals surface area contributed by atoms with Gasteiger partial charge in [0.05, 0.1) is 5.97 Å². The molecule has 0 fully saturated rings. The molecule has 0 aromatic carbocycles. The van der Waals surface area contributed by atoms with Gasteiger partial charge in [-0.3, -0.25) is 0 Å². The Hall–Kier alpha value is -0.270. The van der Waals surface area contributed by atoms with Crippen LogP contribution < -0.4 is 5.11 Å². The molecule has 4 nitrogen and oxygen atoms in total. The van der Waals surface area contributed by atoms with Crippen LogP contribution in [0.4, 0.5) is 0 Å². The number of carboxylic acid groups (broad SMARTS) is 1. The van der Waals surface area contributed by atoms with Crippen LogP contribution in [0.15, 0.2) is 9.50 Å². The molecule has 0 atom stereocenters. The Balaban J connectivity index is 2.47. The van der Waals surface area contributed by atoms with E-state index in [-0.39, 0.29) is 5.75 Å². The summed E-state index contributed by atoms with van der Waals surface area (Å²) in [6.07, 6.45) is 1.87. The van der Waals surface area contributed by atoms with Gasteiger partial charge in [0.1, 0.15) is 0 Å². The van der Waals surface area contributed by atoms with Gasteiger partial charge in [-0.15, -0.1) is 0 Å². The molecule has 0 unspecified atom stereocenters. The fourth-order valence-electron chi connectivity index (χ4n) is 0.459. The molecule has 0 aliphatic heterocycles. The number of nitrogens with zero attached hydrogens (tertiary/aromatic N) is 2. The second-order valence-electron chi connectivity index (χ2n) is 1.71. The molecule has 0 spiro atoms. The third-order valence-electron chi connectivity index (χ3n) is 0.885. The van der Waals surface area contributed by atoms with Crippen molar-refractivity contribution in [2.24, 2.45) is 0 Å². The highest BCUT2D eigenvalue weighted by Crippen LogP contribution is 2.22. The van der Waals surface area contributed by atoms with Crippen LogP contribution in [0.3, 0.4) is 0 Å². The minimum absolute atomic E-state index is 0.0665. The molecule has 0 N–H and O–H groups in total. The van der Waals surface area contributed by atoms with Gasteiger partial charge >= 0.3 is 0 Å². The highest BCUT2D eigenvalue weighted by atomic mass is 32.2. The van der Waals surface area contributed by atoms with E-state index >= 15 is 0 Å². The maximum Gasteiger partial charge on any atom is 0.200 e. The van der Waals surface area contributed by atoms with Gasteiger partial charge in [-0.25, -0.2) is 4.98 Å². The summed E-state index contributed by atoms with van der Waals surface area (Å²) in [4.78, 5) is 14.1. The van der Waals surface area contributed by atoms with Crippen LogP contribution in [0.5, 0.6) is 0 Å². The molecule has 0 aliphatic rings. The molecule has 1 rings (SSSR count). The van der Waals surface area contributed by atoms with Crippen LogP contribution in [0.25, 0.3) is 0 Å². The zero-order chi connectivity index (χ0) is 8.97. The van der Waals surface area contributed by atoms with Crippen LogP contribution in [0.2, 0.25) is 0 Å². The molecule has 66 valence electrons. The standard InChI is InChI=1S/C5H6N2O2S3/c1-10-4-6-5(12-7-4)11-2-3(8)9/h2H2,1H3,(H,8,9)/p-1. The van der Waals surface area contributed by atoms with Gasteiger partial charge in [0.25, 0.3) is 0 Å². The summed E-state index contributed by atoms with van der Waals surface area (Å²) in [6.45, 7) is 0. The van der Waals surface area contributed by atoms with E-state index in [2.05, 4.69) is 9.36 Å². The van der Waals surface area contributed by atoms with Crippen molar-refractivity contribution < 1.29 is 9.90 Å². The van der Waals surface area contributed by atoms with Gasteiger partial charge in [0.15, 0.2) is 4.34 Å². The van der Waals surface area contributed by atoms with Crippen LogP contribution >= 0.6 is 35.1 Å². The fraction of sp³-hybridized carbons (Fsp3) is 0.400. The highest BCUT2D eigenvalue weighted by Gasteiger charge is 2.02. The van der Waals surface area contributed by atoms with E-state index < -0.39 is 5.97 Å². The second-order valence-corrected chi connectivity index (χ2v) is 4.46. The molecular formula is C5H5N2O2S3-. The third kappa shape index (κ3) is 3.00. The quantitative estimate of drug-likeness (QED) is 0.672. The average Bonchev–Trinajstić information content (AvgIpc) is 2.48. The zero-order valence-electron chi connectivity index (χ0n) is 6.14. The Kier molecular flexibility index (Phi) is 3.83. The molecule has 0 saturated carbocycles. The lowest BCUT2D eigenvalue weighted by Gasteiger charge is -1.95. The maximum absolute atomic E-state index is 10.1. The number of hydrogen-bond donors (Lipinski definition) is 0. The monoisotopic (exact) mass is 221 g/mol. The lowest BCUT2D eigenvalue weighted by molar-refractivity contribution is -0.301. The van der Waals surface area contributed by atoms with Crippen molar-refractivity contribution >= 4 is 41.0 Å². The molecular weight excluding hydrogens is 216 g/mol. The topological polar surface area (TPSA) is 65.9 Å². The summed E-state index contributed by atoms with van der Waals surface area (Å²) in [5.74, 6) is -1.15. The Morgan fingerprint density at radius 1 is 1.75 bits per heavy atom. The summed E-state index contributed by atoms with van der Waals surface area (Å²) in [6, 6.07) is 0. The van der Waals surface area contributed by atoms with Crippen LogP contribution in [0.1, 0.15) is 0 Å². The number of aliphatic carboxylic acids is 1. The molecule has 1 aromatic rings. The normalized spacial score (nSPS) is 10.1. The molecule has 0 bridgehead atoms. The predicted molar refractivity (Wildman–Crippen MR) is 47.4 cm³/mol. The van der Waals surface area contributed by atoms with Crippen molar-refractivity contribution in [1.29, 1.82) is 0 Å². The Morgan fingerprint density at radius 2 is 2.50 bits per heavy atom. The van der Waals surface area contributed by atoms with E-state index in [1.165, 1.54) is 23.3 Å². The summed E-state index contributed by atoms with van der Waals surface area (Å²) >= 11 is 3.78. The highest BCUT2D eigenvalue weighted by molar-refractivity contribution is 8.01. The maximum atomic E-state index is 10.1. The first-order chi connectivity index (χ1) is 5.72.